The van der Waals surface area contributed by atoms with Gasteiger partial charge in [0, 0.05) is 25.1 Å². The van der Waals surface area contributed by atoms with Crippen molar-refractivity contribution in [2.75, 3.05) is 6.61 Å². The second kappa shape index (κ2) is 9.72. The van der Waals surface area contributed by atoms with Crippen LogP contribution in [0, 0.1) is 3.57 Å². The zero-order valence-corrected chi connectivity index (χ0v) is 20.2. The van der Waals surface area contributed by atoms with Gasteiger partial charge in [-0.05, 0) is 59.7 Å². The molecule has 0 atom stereocenters. The lowest BCUT2D eigenvalue weighted by Gasteiger charge is -2.09. The summed E-state index contributed by atoms with van der Waals surface area (Å²) in [4.78, 5) is 33.5. The number of benzene rings is 1. The first-order chi connectivity index (χ1) is 15.5. The SMILES string of the molecule is CCCn1c(=O)c2[nH]c(-c3ccc(OCCc4[nH]ncc4I)cc3)nc2n(CCC)c1=O. The molecule has 4 rings (SSSR count). The number of fused-ring (bicyclic) bond motifs is 1. The molecule has 0 saturated heterocycles. The predicted octanol–water partition coefficient (Wildman–Crippen LogP) is 3.32. The lowest BCUT2D eigenvalue weighted by molar-refractivity contribution is 0.320. The molecule has 0 aliphatic rings. The first-order valence-corrected chi connectivity index (χ1v) is 11.8. The maximum Gasteiger partial charge on any atom is 0.332 e. The number of nitrogens with zero attached hydrogens (tertiary/aromatic N) is 4. The summed E-state index contributed by atoms with van der Waals surface area (Å²) >= 11 is 2.24. The third-order valence-electron chi connectivity index (χ3n) is 5.17. The summed E-state index contributed by atoms with van der Waals surface area (Å²) in [5, 5.41) is 6.98. The van der Waals surface area contributed by atoms with Gasteiger partial charge in [0.2, 0.25) is 0 Å². The first-order valence-electron chi connectivity index (χ1n) is 10.7. The minimum absolute atomic E-state index is 0.306. The van der Waals surface area contributed by atoms with Crippen LogP contribution in [0.15, 0.2) is 40.1 Å². The molecule has 3 aromatic heterocycles. The van der Waals surface area contributed by atoms with E-state index in [-0.39, 0.29) is 11.2 Å². The lowest BCUT2D eigenvalue weighted by atomic mass is 10.2. The highest BCUT2D eigenvalue weighted by atomic mass is 127. The van der Waals surface area contributed by atoms with E-state index in [0.717, 1.165) is 33.4 Å². The molecule has 0 fully saturated rings. The molecule has 0 aliphatic carbocycles. The van der Waals surface area contributed by atoms with Gasteiger partial charge in [-0.2, -0.15) is 5.10 Å². The molecule has 10 heteroatoms. The number of nitrogens with one attached hydrogen (secondary N) is 2. The number of H-pyrrole nitrogens is 2. The number of hydrogen-bond donors (Lipinski definition) is 2. The van der Waals surface area contributed by atoms with Crippen molar-refractivity contribution in [3.8, 4) is 17.1 Å². The number of aromatic amines is 2. The van der Waals surface area contributed by atoms with Crippen molar-refractivity contribution in [1.29, 1.82) is 0 Å². The molecule has 3 heterocycles. The van der Waals surface area contributed by atoms with Crippen molar-refractivity contribution in [3.63, 3.8) is 0 Å². The van der Waals surface area contributed by atoms with Crippen LogP contribution in [0.1, 0.15) is 32.4 Å². The van der Waals surface area contributed by atoms with Gasteiger partial charge in [0.1, 0.15) is 17.1 Å². The van der Waals surface area contributed by atoms with Gasteiger partial charge in [0.15, 0.2) is 5.65 Å². The largest absolute Gasteiger partial charge is 0.493 e. The summed E-state index contributed by atoms with van der Waals surface area (Å²) in [5.74, 6) is 1.29. The summed E-state index contributed by atoms with van der Waals surface area (Å²) in [7, 11) is 0. The van der Waals surface area contributed by atoms with Crippen LogP contribution in [0.2, 0.25) is 0 Å². The summed E-state index contributed by atoms with van der Waals surface area (Å²) in [5.41, 5.74) is 1.99. The highest BCUT2D eigenvalue weighted by Gasteiger charge is 2.17. The van der Waals surface area contributed by atoms with Crippen molar-refractivity contribution in [1.82, 2.24) is 29.3 Å². The summed E-state index contributed by atoms with van der Waals surface area (Å²) < 4.78 is 9.79. The van der Waals surface area contributed by atoms with Gasteiger partial charge in [-0.15, -0.1) is 0 Å². The molecule has 32 heavy (non-hydrogen) atoms. The second-order valence-electron chi connectivity index (χ2n) is 7.49. The van der Waals surface area contributed by atoms with Crippen molar-refractivity contribution >= 4 is 33.8 Å². The number of imidazole rings is 1. The van der Waals surface area contributed by atoms with Gasteiger partial charge in [-0.1, -0.05) is 13.8 Å². The van der Waals surface area contributed by atoms with E-state index in [9.17, 15) is 9.59 Å². The maximum atomic E-state index is 12.9. The van der Waals surface area contributed by atoms with Crippen molar-refractivity contribution < 1.29 is 4.74 Å². The molecule has 0 bridgehead atoms. The molecule has 0 radical (unpaired) electrons. The Labute approximate surface area is 198 Å². The van der Waals surface area contributed by atoms with Crippen molar-refractivity contribution in [2.24, 2.45) is 0 Å². The quantitative estimate of drug-likeness (QED) is 0.312. The Morgan fingerprint density at radius 3 is 2.44 bits per heavy atom. The zero-order chi connectivity index (χ0) is 22.7. The minimum Gasteiger partial charge on any atom is -0.493 e. The van der Waals surface area contributed by atoms with Gasteiger partial charge in [0.05, 0.1) is 22.1 Å². The Morgan fingerprint density at radius 1 is 1.06 bits per heavy atom. The van der Waals surface area contributed by atoms with E-state index in [1.807, 2.05) is 38.1 Å². The van der Waals surface area contributed by atoms with Gasteiger partial charge in [-0.25, -0.2) is 9.78 Å². The molecule has 9 nitrogen and oxygen atoms in total. The average molecular weight is 548 g/mol. The molecule has 1 aromatic carbocycles. The third kappa shape index (κ3) is 4.36. The van der Waals surface area contributed by atoms with Crippen LogP contribution in [0.3, 0.4) is 0 Å². The van der Waals surface area contributed by atoms with Crippen molar-refractivity contribution in [3.05, 3.63) is 60.6 Å². The van der Waals surface area contributed by atoms with Gasteiger partial charge in [-0.3, -0.25) is 19.0 Å². The molecule has 0 unspecified atom stereocenters. The molecular weight excluding hydrogens is 523 g/mol. The topological polar surface area (TPSA) is 111 Å². The van der Waals surface area contributed by atoms with Gasteiger partial charge < -0.3 is 9.72 Å². The monoisotopic (exact) mass is 548 g/mol. The fourth-order valence-electron chi connectivity index (χ4n) is 3.60. The fourth-order valence-corrected chi connectivity index (χ4v) is 4.13. The zero-order valence-electron chi connectivity index (χ0n) is 18.0. The minimum atomic E-state index is -0.327. The van der Waals surface area contributed by atoms with Crippen LogP contribution >= 0.6 is 22.6 Å². The Balaban J connectivity index is 1.60. The van der Waals surface area contributed by atoms with E-state index in [4.69, 9.17) is 4.74 Å². The molecule has 0 spiro atoms. The number of ether oxygens (including phenoxy) is 1. The van der Waals surface area contributed by atoms with E-state index in [1.54, 1.807) is 10.8 Å². The predicted molar refractivity (Wildman–Crippen MR) is 131 cm³/mol. The van der Waals surface area contributed by atoms with Crippen LogP contribution in [0.4, 0.5) is 0 Å². The van der Waals surface area contributed by atoms with Gasteiger partial charge >= 0.3 is 5.69 Å². The molecule has 0 aliphatic heterocycles. The number of halogens is 1. The van der Waals surface area contributed by atoms with Crippen LogP contribution < -0.4 is 16.0 Å². The number of hydrogen-bond acceptors (Lipinski definition) is 5. The highest BCUT2D eigenvalue weighted by Crippen LogP contribution is 2.22. The fraction of sp³-hybridized carbons (Fsp3) is 0.364. The molecule has 0 saturated carbocycles. The van der Waals surface area contributed by atoms with E-state index in [0.29, 0.717) is 43.1 Å². The highest BCUT2D eigenvalue weighted by molar-refractivity contribution is 14.1. The van der Waals surface area contributed by atoms with E-state index >= 15 is 0 Å². The first kappa shape index (κ1) is 22.3. The Bertz CT molecular complexity index is 1330. The van der Waals surface area contributed by atoms with Crippen LogP contribution in [-0.2, 0) is 19.5 Å². The summed E-state index contributed by atoms with van der Waals surface area (Å²) in [6, 6.07) is 7.52. The average Bonchev–Trinajstić information content (AvgIpc) is 3.41. The normalized spacial score (nSPS) is 11.3. The van der Waals surface area contributed by atoms with E-state index in [2.05, 4.69) is 42.8 Å². The van der Waals surface area contributed by atoms with E-state index < -0.39 is 0 Å². The van der Waals surface area contributed by atoms with Gasteiger partial charge in [0.25, 0.3) is 5.56 Å². The summed E-state index contributed by atoms with van der Waals surface area (Å²) in [6.07, 6.45) is 4.00. The Hall–Kier alpha value is -2.89. The van der Waals surface area contributed by atoms with Crippen LogP contribution in [0.25, 0.3) is 22.6 Å². The Kier molecular flexibility index (Phi) is 6.77. The van der Waals surface area contributed by atoms with Crippen LogP contribution in [0.5, 0.6) is 5.75 Å². The molecule has 168 valence electrons. The Morgan fingerprint density at radius 2 is 1.78 bits per heavy atom. The van der Waals surface area contributed by atoms with Crippen molar-refractivity contribution in [2.45, 2.75) is 46.2 Å². The standard InChI is InChI=1S/C22H25IN6O3/c1-3-10-28-20-18(21(30)29(11-4-2)22(28)31)25-19(26-20)14-5-7-15(8-6-14)32-12-9-17-16(23)13-24-27-17/h5-8,13H,3-4,9-12H2,1-2H3,(H,24,27)(H,25,26). The molecule has 4 aromatic rings. The lowest BCUT2D eigenvalue weighted by Crippen LogP contribution is -2.40. The summed E-state index contributed by atoms with van der Waals surface area (Å²) in [6.45, 7) is 5.36. The number of rotatable bonds is 9. The van der Waals surface area contributed by atoms with E-state index in [1.165, 1.54) is 4.57 Å². The molecule has 0 amide bonds. The third-order valence-corrected chi connectivity index (χ3v) is 6.10. The number of aromatic nitrogens is 6. The number of aryl methyl sites for hydroxylation is 1. The molecular formula is C22H25IN6O3. The molecule has 2 N–H and O–H groups in total. The van der Waals surface area contributed by atoms with Crippen LogP contribution in [-0.4, -0.2) is 35.9 Å². The second-order valence-corrected chi connectivity index (χ2v) is 8.66. The smallest absolute Gasteiger partial charge is 0.332 e. The maximum absolute atomic E-state index is 12.9.